The highest BCUT2D eigenvalue weighted by molar-refractivity contribution is 14.0. The molecule has 132 valence electrons. The van der Waals surface area contributed by atoms with Gasteiger partial charge >= 0.3 is 0 Å². The molecule has 9 heteroatoms. The normalized spacial score (nSPS) is 10.9. The Morgan fingerprint density at radius 1 is 1.46 bits per heavy atom. The molecule has 1 aromatic carbocycles. The number of aliphatic imine (C=N–C) groups is 1. The molecule has 0 spiro atoms. The number of phenolic OH excluding ortho intramolecular Hbond substituents is 1. The Hall–Kier alpha value is -2.04. The summed E-state index contributed by atoms with van der Waals surface area (Å²) in [5.41, 5.74) is 0.734. The van der Waals surface area contributed by atoms with Gasteiger partial charge in [-0.05, 0) is 18.2 Å². The molecule has 0 saturated heterocycles. The van der Waals surface area contributed by atoms with E-state index < -0.39 is 0 Å². The van der Waals surface area contributed by atoms with Crippen LogP contribution >= 0.6 is 24.0 Å². The van der Waals surface area contributed by atoms with Gasteiger partial charge in [-0.15, -0.1) is 24.0 Å². The van der Waals surface area contributed by atoms with Gasteiger partial charge in [0.15, 0.2) is 5.96 Å². The number of benzene rings is 1. The number of ether oxygens (including phenoxy) is 1. The van der Waals surface area contributed by atoms with Crippen molar-refractivity contribution in [1.82, 2.24) is 25.0 Å². The van der Waals surface area contributed by atoms with Gasteiger partial charge in [0.25, 0.3) is 0 Å². The maximum atomic E-state index is 9.93. The Morgan fingerprint density at radius 2 is 2.21 bits per heavy atom. The van der Waals surface area contributed by atoms with Crippen LogP contribution < -0.4 is 10.1 Å². The highest BCUT2D eigenvalue weighted by atomic mass is 127. The second kappa shape index (κ2) is 9.30. The van der Waals surface area contributed by atoms with Crippen LogP contribution in [0.2, 0.25) is 0 Å². The zero-order valence-corrected chi connectivity index (χ0v) is 16.6. The standard InChI is InChI=1S/C15H22N6O2.HI/c1-16-15(20(2)9-14-18-10-19-21(14)3)17-8-11-7-12(23-4)5-6-13(11)22;/h5-7,10,22H,8-9H2,1-4H3,(H,16,17);1H. The van der Waals surface area contributed by atoms with Gasteiger partial charge in [0, 0.05) is 33.3 Å². The predicted octanol–water partition coefficient (Wildman–Crippen LogP) is 1.35. The molecule has 1 aromatic heterocycles. The summed E-state index contributed by atoms with van der Waals surface area (Å²) >= 11 is 0. The van der Waals surface area contributed by atoms with Crippen LogP contribution in [0.4, 0.5) is 0 Å². The molecule has 1 heterocycles. The third-order valence-corrected chi connectivity index (χ3v) is 3.48. The lowest BCUT2D eigenvalue weighted by Crippen LogP contribution is -2.38. The van der Waals surface area contributed by atoms with Crippen molar-refractivity contribution in [3.05, 3.63) is 35.9 Å². The highest BCUT2D eigenvalue weighted by Gasteiger charge is 2.11. The van der Waals surface area contributed by atoms with Gasteiger partial charge in [-0.2, -0.15) is 5.10 Å². The van der Waals surface area contributed by atoms with Crippen molar-refractivity contribution in [2.45, 2.75) is 13.1 Å². The quantitative estimate of drug-likeness (QED) is 0.410. The Balaban J connectivity index is 0.00000288. The summed E-state index contributed by atoms with van der Waals surface area (Å²) < 4.78 is 6.90. The number of aryl methyl sites for hydroxylation is 1. The Kier molecular flexibility index (Phi) is 7.75. The number of hydrogen-bond donors (Lipinski definition) is 2. The van der Waals surface area contributed by atoms with Crippen molar-refractivity contribution in [2.75, 3.05) is 21.2 Å². The minimum absolute atomic E-state index is 0. The number of nitrogens with zero attached hydrogens (tertiary/aromatic N) is 5. The van der Waals surface area contributed by atoms with E-state index in [1.807, 2.05) is 19.0 Å². The SMILES string of the molecule is CN=C(NCc1cc(OC)ccc1O)N(C)Cc1ncnn1C.I. The van der Waals surface area contributed by atoms with Gasteiger partial charge in [0.1, 0.15) is 23.7 Å². The lowest BCUT2D eigenvalue weighted by atomic mass is 10.2. The zero-order chi connectivity index (χ0) is 16.8. The summed E-state index contributed by atoms with van der Waals surface area (Å²) in [6, 6.07) is 5.12. The van der Waals surface area contributed by atoms with E-state index in [1.165, 1.54) is 6.33 Å². The zero-order valence-electron chi connectivity index (χ0n) is 14.2. The maximum Gasteiger partial charge on any atom is 0.194 e. The molecule has 8 nitrogen and oxygen atoms in total. The molecular weight excluding hydrogens is 423 g/mol. The molecule has 2 rings (SSSR count). The summed E-state index contributed by atoms with van der Waals surface area (Å²) in [5, 5.41) is 17.2. The van der Waals surface area contributed by atoms with E-state index in [0.717, 1.165) is 11.4 Å². The van der Waals surface area contributed by atoms with Crippen LogP contribution in [0.5, 0.6) is 11.5 Å². The monoisotopic (exact) mass is 446 g/mol. The van der Waals surface area contributed by atoms with Crippen molar-refractivity contribution < 1.29 is 9.84 Å². The van der Waals surface area contributed by atoms with E-state index in [-0.39, 0.29) is 29.7 Å². The molecule has 2 N–H and O–H groups in total. The number of aromatic nitrogens is 3. The van der Waals surface area contributed by atoms with Crippen LogP contribution in [0.3, 0.4) is 0 Å². The lowest BCUT2D eigenvalue weighted by molar-refractivity contribution is 0.410. The fourth-order valence-electron chi connectivity index (χ4n) is 2.14. The molecule has 0 bridgehead atoms. The van der Waals surface area contributed by atoms with Gasteiger partial charge < -0.3 is 20.1 Å². The number of guanidine groups is 1. The third-order valence-electron chi connectivity index (χ3n) is 3.48. The second-order valence-corrected chi connectivity index (χ2v) is 5.05. The minimum Gasteiger partial charge on any atom is -0.508 e. The molecule has 24 heavy (non-hydrogen) atoms. The van der Waals surface area contributed by atoms with E-state index in [0.29, 0.717) is 24.8 Å². The summed E-state index contributed by atoms with van der Waals surface area (Å²) in [4.78, 5) is 10.4. The summed E-state index contributed by atoms with van der Waals surface area (Å²) in [7, 11) is 7.06. The van der Waals surface area contributed by atoms with E-state index in [2.05, 4.69) is 20.4 Å². The van der Waals surface area contributed by atoms with Crippen LogP contribution in [0.1, 0.15) is 11.4 Å². The molecule has 0 aliphatic rings. The summed E-state index contributed by atoms with van der Waals surface area (Å²) in [6.07, 6.45) is 1.52. The first-order chi connectivity index (χ1) is 11.0. The van der Waals surface area contributed by atoms with Gasteiger partial charge in [0.2, 0.25) is 0 Å². The third kappa shape index (κ3) is 4.98. The first kappa shape index (κ1) is 20.0. The number of rotatable bonds is 5. The number of aromatic hydroxyl groups is 1. The van der Waals surface area contributed by atoms with Gasteiger partial charge in [-0.1, -0.05) is 0 Å². The molecule has 0 amide bonds. The molecule has 0 unspecified atom stereocenters. The van der Waals surface area contributed by atoms with Crippen LogP contribution in [0.25, 0.3) is 0 Å². The number of hydrogen-bond acceptors (Lipinski definition) is 5. The largest absolute Gasteiger partial charge is 0.508 e. The highest BCUT2D eigenvalue weighted by Crippen LogP contribution is 2.22. The fraction of sp³-hybridized carbons (Fsp3) is 0.400. The van der Waals surface area contributed by atoms with Crippen LogP contribution in [0.15, 0.2) is 29.5 Å². The molecule has 0 aliphatic heterocycles. The van der Waals surface area contributed by atoms with Gasteiger partial charge in [-0.25, -0.2) is 4.98 Å². The van der Waals surface area contributed by atoms with Crippen molar-refractivity contribution >= 4 is 29.9 Å². The van der Waals surface area contributed by atoms with Gasteiger partial charge in [0.05, 0.1) is 13.7 Å². The minimum atomic E-state index is 0. The lowest BCUT2D eigenvalue weighted by Gasteiger charge is -2.21. The van der Waals surface area contributed by atoms with E-state index in [9.17, 15) is 5.11 Å². The second-order valence-electron chi connectivity index (χ2n) is 5.05. The average molecular weight is 446 g/mol. The van der Waals surface area contributed by atoms with E-state index in [4.69, 9.17) is 4.74 Å². The van der Waals surface area contributed by atoms with Gasteiger partial charge in [-0.3, -0.25) is 9.67 Å². The van der Waals surface area contributed by atoms with Crippen LogP contribution in [0, 0.1) is 0 Å². The molecular formula is C15H23IN6O2. The summed E-state index contributed by atoms with van der Waals surface area (Å²) in [5.74, 6) is 2.43. The van der Waals surface area contributed by atoms with Crippen LogP contribution in [-0.4, -0.2) is 51.9 Å². The maximum absolute atomic E-state index is 9.93. The van der Waals surface area contributed by atoms with Crippen molar-refractivity contribution in [2.24, 2.45) is 12.0 Å². The number of methoxy groups -OCH3 is 1. The average Bonchev–Trinajstić information content (AvgIpc) is 2.94. The number of nitrogens with one attached hydrogen (secondary N) is 1. The number of phenols is 1. The molecule has 2 aromatic rings. The molecule has 0 saturated carbocycles. The van der Waals surface area contributed by atoms with Crippen molar-refractivity contribution in [3.63, 3.8) is 0 Å². The first-order valence-corrected chi connectivity index (χ1v) is 7.15. The fourth-order valence-corrected chi connectivity index (χ4v) is 2.14. The summed E-state index contributed by atoms with van der Waals surface area (Å²) in [6.45, 7) is 0.999. The first-order valence-electron chi connectivity index (χ1n) is 7.15. The number of halogens is 1. The predicted molar refractivity (Wildman–Crippen MR) is 103 cm³/mol. The molecule has 0 fully saturated rings. The van der Waals surface area contributed by atoms with E-state index >= 15 is 0 Å². The Morgan fingerprint density at radius 3 is 2.79 bits per heavy atom. The Bertz CT molecular complexity index is 688. The molecule has 0 radical (unpaired) electrons. The van der Waals surface area contributed by atoms with E-state index in [1.54, 1.807) is 37.0 Å². The molecule has 0 aliphatic carbocycles. The smallest absolute Gasteiger partial charge is 0.194 e. The van der Waals surface area contributed by atoms with Crippen LogP contribution in [-0.2, 0) is 20.1 Å². The van der Waals surface area contributed by atoms with Crippen molar-refractivity contribution in [3.8, 4) is 11.5 Å². The Labute approximate surface area is 158 Å². The molecule has 0 atom stereocenters. The topological polar surface area (TPSA) is 87.8 Å². The van der Waals surface area contributed by atoms with Crippen molar-refractivity contribution in [1.29, 1.82) is 0 Å².